The number of thiazole rings is 1. The number of terminal acetylenes is 1. The number of anilines is 1. The molecule has 0 N–H and O–H groups in total. The van der Waals surface area contributed by atoms with Crippen LogP contribution in [0.25, 0.3) is 0 Å². The molecule has 3 heteroatoms. The van der Waals surface area contributed by atoms with Crippen molar-refractivity contribution in [2.45, 2.75) is 0 Å². The van der Waals surface area contributed by atoms with E-state index in [0.717, 1.165) is 10.0 Å². The number of hydrogen-bond acceptors (Lipinski definition) is 3. The molecule has 1 aromatic rings. The van der Waals surface area contributed by atoms with Crippen molar-refractivity contribution in [3.05, 3.63) is 11.1 Å². The van der Waals surface area contributed by atoms with Crippen LogP contribution in [0.2, 0.25) is 0 Å². The fourth-order valence-electron chi connectivity index (χ4n) is 0.538. The molecule has 0 bridgehead atoms. The van der Waals surface area contributed by atoms with Gasteiger partial charge in [0, 0.05) is 14.1 Å². The van der Waals surface area contributed by atoms with Crippen molar-refractivity contribution < 1.29 is 0 Å². The summed E-state index contributed by atoms with van der Waals surface area (Å²) in [6.45, 7) is 0. The molecule has 1 aromatic heterocycles. The van der Waals surface area contributed by atoms with Gasteiger partial charge in [-0.1, -0.05) is 17.3 Å². The van der Waals surface area contributed by atoms with E-state index in [1.165, 1.54) is 11.3 Å². The van der Waals surface area contributed by atoms with Gasteiger partial charge < -0.3 is 4.90 Å². The molecule has 0 radical (unpaired) electrons. The lowest BCUT2D eigenvalue weighted by Gasteiger charge is -2.04. The maximum Gasteiger partial charge on any atom is 0.185 e. The molecule has 0 spiro atoms. The lowest BCUT2D eigenvalue weighted by molar-refractivity contribution is 1.10. The molecule has 0 saturated carbocycles. The van der Waals surface area contributed by atoms with Gasteiger partial charge in [0.1, 0.15) is 0 Å². The van der Waals surface area contributed by atoms with Crippen molar-refractivity contribution in [2.75, 3.05) is 19.0 Å². The minimum Gasteiger partial charge on any atom is -0.354 e. The highest BCUT2D eigenvalue weighted by Gasteiger charge is 1.99. The highest BCUT2D eigenvalue weighted by molar-refractivity contribution is 7.16. The Morgan fingerprint density at radius 3 is 2.70 bits per heavy atom. The van der Waals surface area contributed by atoms with Gasteiger partial charge in [0.05, 0.1) is 11.1 Å². The topological polar surface area (TPSA) is 16.1 Å². The van der Waals surface area contributed by atoms with Crippen LogP contribution in [-0.4, -0.2) is 19.1 Å². The van der Waals surface area contributed by atoms with E-state index in [1.54, 1.807) is 6.20 Å². The third-order valence-electron chi connectivity index (χ3n) is 1.02. The van der Waals surface area contributed by atoms with Crippen molar-refractivity contribution in [1.82, 2.24) is 4.98 Å². The SMILES string of the molecule is C#Cc1cnc(N(C)C)s1. The molecule has 52 valence electrons. The summed E-state index contributed by atoms with van der Waals surface area (Å²) in [6, 6.07) is 0. The van der Waals surface area contributed by atoms with Crippen LogP contribution in [0.3, 0.4) is 0 Å². The van der Waals surface area contributed by atoms with Crippen molar-refractivity contribution in [2.24, 2.45) is 0 Å². The maximum absolute atomic E-state index is 5.17. The summed E-state index contributed by atoms with van der Waals surface area (Å²) < 4.78 is 0. The van der Waals surface area contributed by atoms with Crippen molar-refractivity contribution in [3.63, 3.8) is 0 Å². The fraction of sp³-hybridized carbons (Fsp3) is 0.286. The second kappa shape index (κ2) is 2.72. The summed E-state index contributed by atoms with van der Waals surface area (Å²) in [6.07, 6.45) is 6.87. The Balaban J connectivity index is 2.91. The molecule has 10 heavy (non-hydrogen) atoms. The first-order valence-electron chi connectivity index (χ1n) is 2.84. The Morgan fingerprint density at radius 1 is 1.70 bits per heavy atom. The van der Waals surface area contributed by atoms with Crippen LogP contribution in [0, 0.1) is 12.3 Å². The minimum atomic E-state index is 0.878. The van der Waals surface area contributed by atoms with Crippen LogP contribution in [0.1, 0.15) is 4.88 Å². The molecule has 0 fully saturated rings. The molecule has 1 rings (SSSR count). The third kappa shape index (κ3) is 1.28. The van der Waals surface area contributed by atoms with E-state index in [9.17, 15) is 0 Å². The monoisotopic (exact) mass is 152 g/mol. The Bertz CT molecular complexity index is 257. The summed E-state index contributed by atoms with van der Waals surface area (Å²) in [5.74, 6) is 2.53. The molecule has 0 saturated heterocycles. The normalized spacial score (nSPS) is 8.90. The smallest absolute Gasteiger partial charge is 0.185 e. The van der Waals surface area contributed by atoms with Crippen LogP contribution in [0.4, 0.5) is 5.13 Å². The predicted molar refractivity (Wildman–Crippen MR) is 44.4 cm³/mol. The molecule has 2 nitrogen and oxygen atoms in total. The van der Waals surface area contributed by atoms with E-state index in [4.69, 9.17) is 6.42 Å². The average molecular weight is 152 g/mol. The Hall–Kier alpha value is -1.01. The zero-order valence-electron chi connectivity index (χ0n) is 5.96. The maximum atomic E-state index is 5.17. The summed E-state index contributed by atoms with van der Waals surface area (Å²) >= 11 is 1.52. The first kappa shape index (κ1) is 7.10. The number of aromatic nitrogens is 1. The van der Waals surface area contributed by atoms with Gasteiger partial charge in [-0.15, -0.1) is 6.42 Å². The second-order valence-electron chi connectivity index (χ2n) is 2.05. The molecule has 0 amide bonds. The predicted octanol–water partition coefficient (Wildman–Crippen LogP) is 1.19. The number of hydrogen-bond donors (Lipinski definition) is 0. The van der Waals surface area contributed by atoms with Gasteiger partial charge in [0.15, 0.2) is 5.13 Å². The first-order valence-corrected chi connectivity index (χ1v) is 3.65. The molecule has 0 aromatic carbocycles. The van der Waals surface area contributed by atoms with Gasteiger partial charge >= 0.3 is 0 Å². The standard InChI is InChI=1S/C7H8N2S/c1-4-6-5-8-7(10-6)9(2)3/h1,5H,2-3H3. The molecule has 0 unspecified atom stereocenters. The number of nitrogens with zero attached hydrogens (tertiary/aromatic N) is 2. The summed E-state index contributed by atoms with van der Waals surface area (Å²) in [4.78, 5) is 6.90. The lowest BCUT2D eigenvalue weighted by atomic mass is 10.6. The zero-order valence-corrected chi connectivity index (χ0v) is 6.77. The number of rotatable bonds is 1. The first-order chi connectivity index (χ1) is 4.74. The van der Waals surface area contributed by atoms with E-state index >= 15 is 0 Å². The highest BCUT2D eigenvalue weighted by atomic mass is 32.1. The molecule has 0 aliphatic rings. The summed E-state index contributed by atoms with van der Waals surface area (Å²) in [5, 5.41) is 0.952. The average Bonchev–Trinajstić information content (AvgIpc) is 2.34. The van der Waals surface area contributed by atoms with Crippen LogP contribution in [0.5, 0.6) is 0 Å². The van der Waals surface area contributed by atoms with Crippen LogP contribution >= 0.6 is 11.3 Å². The molecule has 0 aliphatic carbocycles. The quantitative estimate of drug-likeness (QED) is 0.562. The van der Waals surface area contributed by atoms with E-state index in [1.807, 2.05) is 19.0 Å². The Labute approximate surface area is 64.5 Å². The van der Waals surface area contributed by atoms with Gasteiger partial charge in [-0.3, -0.25) is 0 Å². The van der Waals surface area contributed by atoms with Crippen molar-refractivity contribution in [3.8, 4) is 12.3 Å². The molecule has 1 heterocycles. The molecule has 0 aliphatic heterocycles. The van der Waals surface area contributed by atoms with Crippen LogP contribution in [-0.2, 0) is 0 Å². The molecule has 0 atom stereocenters. The Kier molecular flexibility index (Phi) is 1.93. The van der Waals surface area contributed by atoms with E-state index in [-0.39, 0.29) is 0 Å². The minimum absolute atomic E-state index is 0.878. The Morgan fingerprint density at radius 2 is 2.40 bits per heavy atom. The largest absolute Gasteiger partial charge is 0.354 e. The second-order valence-corrected chi connectivity index (χ2v) is 3.05. The van der Waals surface area contributed by atoms with Gasteiger partial charge in [-0.25, -0.2) is 4.98 Å². The van der Waals surface area contributed by atoms with E-state index < -0.39 is 0 Å². The molecular formula is C7H8N2S. The highest BCUT2D eigenvalue weighted by Crippen LogP contribution is 2.18. The lowest BCUT2D eigenvalue weighted by Crippen LogP contribution is -2.07. The van der Waals surface area contributed by atoms with Crippen LogP contribution in [0.15, 0.2) is 6.20 Å². The van der Waals surface area contributed by atoms with Gasteiger partial charge in [-0.05, 0) is 0 Å². The summed E-state index contributed by atoms with van der Waals surface area (Å²) in [5.41, 5.74) is 0. The van der Waals surface area contributed by atoms with Gasteiger partial charge in [0.2, 0.25) is 0 Å². The van der Waals surface area contributed by atoms with Gasteiger partial charge in [-0.2, -0.15) is 0 Å². The van der Waals surface area contributed by atoms with E-state index in [2.05, 4.69) is 10.9 Å². The molecular weight excluding hydrogens is 144 g/mol. The third-order valence-corrected chi connectivity index (χ3v) is 2.11. The fourth-order valence-corrected chi connectivity index (χ4v) is 1.19. The van der Waals surface area contributed by atoms with Crippen molar-refractivity contribution in [1.29, 1.82) is 0 Å². The van der Waals surface area contributed by atoms with Crippen LogP contribution < -0.4 is 4.90 Å². The van der Waals surface area contributed by atoms with Gasteiger partial charge in [0.25, 0.3) is 0 Å². The van der Waals surface area contributed by atoms with Crippen molar-refractivity contribution >= 4 is 16.5 Å². The zero-order chi connectivity index (χ0) is 7.56. The van der Waals surface area contributed by atoms with E-state index in [0.29, 0.717) is 0 Å². The summed E-state index contributed by atoms with van der Waals surface area (Å²) in [7, 11) is 3.89.